The summed E-state index contributed by atoms with van der Waals surface area (Å²) in [5.74, 6) is 2.48. The maximum absolute atomic E-state index is 12.3. The van der Waals surface area contributed by atoms with Crippen LogP contribution in [-0.2, 0) is 5.75 Å². The van der Waals surface area contributed by atoms with Crippen LogP contribution in [0, 0.1) is 0 Å². The summed E-state index contributed by atoms with van der Waals surface area (Å²) in [6, 6.07) is 8.68. The molecule has 0 atom stereocenters. The van der Waals surface area contributed by atoms with Crippen LogP contribution >= 0.6 is 11.8 Å². The van der Waals surface area contributed by atoms with E-state index in [1.54, 1.807) is 43.1 Å². The maximum atomic E-state index is 12.3. The van der Waals surface area contributed by atoms with Crippen LogP contribution in [-0.4, -0.2) is 37.4 Å². The van der Waals surface area contributed by atoms with Gasteiger partial charge >= 0.3 is 0 Å². The predicted molar refractivity (Wildman–Crippen MR) is 105 cm³/mol. The lowest BCUT2D eigenvalue weighted by atomic mass is 10.1. The van der Waals surface area contributed by atoms with Gasteiger partial charge in [0, 0.05) is 23.7 Å². The van der Waals surface area contributed by atoms with E-state index in [4.69, 9.17) is 13.9 Å². The number of hydrogen-bond donors (Lipinski definition) is 2. The Kier molecular flexibility index (Phi) is 6.08. The molecule has 142 valence electrons. The Balaban J connectivity index is 1.60. The van der Waals surface area contributed by atoms with Crippen molar-refractivity contribution in [3.63, 3.8) is 0 Å². The number of carbonyl (C=O) groups is 1. The molecule has 0 spiro atoms. The molecule has 0 aliphatic heterocycles. The number of methoxy groups -OCH3 is 2. The minimum atomic E-state index is -0.235. The molecule has 7 nitrogen and oxygen atoms in total. The largest absolute Gasteiger partial charge is 0.493 e. The second kappa shape index (κ2) is 8.68. The second-order valence-electron chi connectivity index (χ2n) is 5.70. The van der Waals surface area contributed by atoms with Crippen LogP contribution in [0.3, 0.4) is 0 Å². The van der Waals surface area contributed by atoms with Crippen molar-refractivity contribution in [2.24, 2.45) is 0 Å². The van der Waals surface area contributed by atoms with Crippen molar-refractivity contribution >= 4 is 28.4 Å². The third-order valence-corrected chi connectivity index (χ3v) is 4.95. The summed E-state index contributed by atoms with van der Waals surface area (Å²) in [5, 5.41) is 4.12. The Morgan fingerprint density at radius 1 is 1.22 bits per heavy atom. The first kappa shape index (κ1) is 18.9. The Morgan fingerprint density at radius 2 is 2.00 bits per heavy atom. The monoisotopic (exact) mass is 388 g/mol. The molecule has 0 unspecified atom stereocenters. The molecular formula is C19H20N2O5S. The van der Waals surface area contributed by atoms with Gasteiger partial charge in [-0.05, 0) is 35.7 Å². The molecule has 0 saturated heterocycles. The highest BCUT2D eigenvalue weighted by molar-refractivity contribution is 7.98. The van der Waals surface area contributed by atoms with E-state index >= 15 is 0 Å². The summed E-state index contributed by atoms with van der Waals surface area (Å²) < 4.78 is 15.6. The molecular weight excluding hydrogens is 368 g/mol. The summed E-state index contributed by atoms with van der Waals surface area (Å²) in [7, 11) is 3.10. The van der Waals surface area contributed by atoms with Gasteiger partial charge in [-0.3, -0.25) is 9.59 Å². The molecule has 0 saturated carbocycles. The Labute approximate surface area is 160 Å². The van der Waals surface area contributed by atoms with E-state index in [0.717, 1.165) is 11.1 Å². The number of benzene rings is 1. The van der Waals surface area contributed by atoms with Crippen LogP contribution in [0.15, 0.2) is 45.8 Å². The Morgan fingerprint density at radius 3 is 2.70 bits per heavy atom. The van der Waals surface area contributed by atoms with E-state index in [9.17, 15) is 9.59 Å². The van der Waals surface area contributed by atoms with Crippen LogP contribution in [0.4, 0.5) is 0 Å². The lowest BCUT2D eigenvalue weighted by Gasteiger charge is -2.10. The highest BCUT2D eigenvalue weighted by Gasteiger charge is 2.10. The number of thioether (sulfide) groups is 1. The normalized spacial score (nSPS) is 10.7. The number of amides is 1. The Hall–Kier alpha value is -2.87. The molecule has 0 bridgehead atoms. The van der Waals surface area contributed by atoms with E-state index < -0.39 is 0 Å². The van der Waals surface area contributed by atoms with Crippen LogP contribution in [0.2, 0.25) is 0 Å². The maximum Gasteiger partial charge on any atom is 0.287 e. The quantitative estimate of drug-likeness (QED) is 0.577. The average molecular weight is 388 g/mol. The highest BCUT2D eigenvalue weighted by Crippen LogP contribution is 2.31. The van der Waals surface area contributed by atoms with Crippen molar-refractivity contribution in [1.29, 1.82) is 0 Å². The van der Waals surface area contributed by atoms with Crippen molar-refractivity contribution in [1.82, 2.24) is 10.3 Å². The van der Waals surface area contributed by atoms with Gasteiger partial charge in [0.1, 0.15) is 0 Å². The van der Waals surface area contributed by atoms with Gasteiger partial charge < -0.3 is 24.2 Å². The molecule has 0 radical (unpaired) electrons. The lowest BCUT2D eigenvalue weighted by Crippen LogP contribution is -2.25. The zero-order valence-electron chi connectivity index (χ0n) is 15.0. The van der Waals surface area contributed by atoms with Gasteiger partial charge in [-0.2, -0.15) is 11.8 Å². The van der Waals surface area contributed by atoms with E-state index in [0.29, 0.717) is 40.7 Å². The van der Waals surface area contributed by atoms with Gasteiger partial charge in [-0.15, -0.1) is 0 Å². The first-order valence-corrected chi connectivity index (χ1v) is 9.45. The third-order valence-electron chi connectivity index (χ3n) is 3.94. The number of aromatic nitrogens is 1. The van der Waals surface area contributed by atoms with Gasteiger partial charge in [0.05, 0.1) is 25.9 Å². The molecule has 2 N–H and O–H groups in total. The fourth-order valence-electron chi connectivity index (χ4n) is 2.64. The summed E-state index contributed by atoms with van der Waals surface area (Å²) in [4.78, 5) is 27.0. The van der Waals surface area contributed by atoms with Gasteiger partial charge in [-0.25, -0.2) is 0 Å². The zero-order valence-corrected chi connectivity index (χ0v) is 15.9. The summed E-state index contributed by atoms with van der Waals surface area (Å²) in [6.45, 7) is 0.507. The Bertz CT molecular complexity index is 982. The number of fused-ring (bicyclic) bond motifs is 1. The minimum Gasteiger partial charge on any atom is -0.493 e. The number of nitrogens with one attached hydrogen (secondary N) is 2. The average Bonchev–Trinajstić information content (AvgIpc) is 3.21. The number of hydrogen-bond acceptors (Lipinski definition) is 6. The lowest BCUT2D eigenvalue weighted by molar-refractivity contribution is 0.0928. The first-order chi connectivity index (χ1) is 13.1. The number of aromatic amines is 1. The summed E-state index contributed by atoms with van der Waals surface area (Å²) in [5.41, 5.74) is 0.636. The number of furan rings is 1. The topological polar surface area (TPSA) is 93.6 Å². The SMILES string of the molecule is COc1cc2cc(CSCCNC(=O)c3ccco3)[nH]c(=O)c2cc1OC. The van der Waals surface area contributed by atoms with Crippen molar-refractivity contribution in [3.05, 3.63) is 58.4 Å². The van der Waals surface area contributed by atoms with Crippen molar-refractivity contribution < 1.29 is 18.7 Å². The van der Waals surface area contributed by atoms with E-state index in [1.165, 1.54) is 13.4 Å². The molecule has 3 aromatic rings. The molecule has 0 fully saturated rings. The predicted octanol–water partition coefficient (Wildman–Crippen LogP) is 2.80. The molecule has 3 rings (SSSR count). The number of ether oxygens (including phenoxy) is 2. The molecule has 2 aromatic heterocycles. The number of pyridine rings is 1. The highest BCUT2D eigenvalue weighted by atomic mass is 32.2. The molecule has 0 aliphatic rings. The fraction of sp³-hybridized carbons (Fsp3) is 0.263. The molecule has 1 amide bonds. The van der Waals surface area contributed by atoms with Crippen molar-refractivity contribution in [2.45, 2.75) is 5.75 Å². The first-order valence-electron chi connectivity index (χ1n) is 8.29. The van der Waals surface area contributed by atoms with Crippen molar-refractivity contribution in [2.75, 3.05) is 26.5 Å². The van der Waals surface area contributed by atoms with Gasteiger partial charge in [0.15, 0.2) is 17.3 Å². The number of rotatable bonds is 8. The van der Waals surface area contributed by atoms with E-state index in [1.807, 2.05) is 6.07 Å². The van der Waals surface area contributed by atoms with E-state index in [2.05, 4.69) is 10.3 Å². The van der Waals surface area contributed by atoms with E-state index in [-0.39, 0.29) is 11.5 Å². The zero-order chi connectivity index (χ0) is 19.2. The van der Waals surface area contributed by atoms with Crippen LogP contribution in [0.5, 0.6) is 11.5 Å². The standard InChI is InChI=1S/C19H20N2O5S/c1-24-16-9-12-8-13(21-18(22)14(12)10-17(16)25-2)11-27-7-5-20-19(23)15-4-3-6-26-15/h3-4,6,8-10H,5,7,11H2,1-2H3,(H,20,23)(H,21,22). The number of H-pyrrole nitrogens is 1. The van der Waals surface area contributed by atoms with Gasteiger partial charge in [-0.1, -0.05) is 0 Å². The third kappa shape index (κ3) is 4.46. The van der Waals surface area contributed by atoms with Gasteiger partial charge in [0.25, 0.3) is 11.5 Å². The molecule has 8 heteroatoms. The summed E-state index contributed by atoms with van der Waals surface area (Å²) >= 11 is 1.61. The van der Waals surface area contributed by atoms with Crippen LogP contribution in [0.25, 0.3) is 10.8 Å². The van der Waals surface area contributed by atoms with Gasteiger partial charge in [0.2, 0.25) is 0 Å². The van der Waals surface area contributed by atoms with Crippen molar-refractivity contribution in [3.8, 4) is 11.5 Å². The smallest absolute Gasteiger partial charge is 0.287 e. The van der Waals surface area contributed by atoms with Crippen LogP contribution < -0.4 is 20.3 Å². The molecule has 1 aromatic carbocycles. The summed E-state index contributed by atoms with van der Waals surface area (Å²) in [6.07, 6.45) is 1.46. The second-order valence-corrected chi connectivity index (χ2v) is 6.81. The number of carbonyl (C=O) groups excluding carboxylic acids is 1. The minimum absolute atomic E-state index is 0.171. The van der Waals surface area contributed by atoms with Crippen LogP contribution in [0.1, 0.15) is 16.2 Å². The fourth-order valence-corrected chi connectivity index (χ4v) is 3.41. The molecule has 27 heavy (non-hydrogen) atoms. The molecule has 2 heterocycles. The molecule has 0 aliphatic carbocycles.